The third-order valence-corrected chi connectivity index (χ3v) is 4.46. The molecule has 0 radical (unpaired) electrons. The number of Topliss-reactive ketones (excluding diaryl/α,β-unsaturated/α-hetero) is 2. The number of ketones is 2. The number of aliphatic carboxylic acids is 2. The number of methoxy groups -OCH3 is 2. The van der Waals surface area contributed by atoms with E-state index < -0.39 is 45.8 Å². The van der Waals surface area contributed by atoms with Gasteiger partial charge in [0.2, 0.25) is 11.6 Å². The lowest BCUT2D eigenvalue weighted by Gasteiger charge is -2.34. The van der Waals surface area contributed by atoms with Gasteiger partial charge in [0.05, 0.1) is 14.2 Å². The number of aliphatic hydroxyl groups is 2. The van der Waals surface area contributed by atoms with Crippen LogP contribution in [0.4, 0.5) is 0 Å². The van der Waals surface area contributed by atoms with Crippen LogP contribution in [-0.4, -0.2) is 69.4 Å². The molecule has 4 N–H and O–H groups in total. The Kier molecular flexibility index (Phi) is 6.24. The fourth-order valence-electron chi connectivity index (χ4n) is 2.78. The summed E-state index contributed by atoms with van der Waals surface area (Å²) in [5, 5.41) is 40.6. The van der Waals surface area contributed by atoms with Crippen molar-refractivity contribution in [3.63, 3.8) is 0 Å². The molecule has 10 nitrogen and oxygen atoms in total. The SMILES string of the molecule is COc1cccc(C(=O)C(O)(C(=O)O)C(O)(C(=O)O)C(=O)c2cccc(OC)c2)c1. The maximum Gasteiger partial charge on any atom is 0.348 e. The van der Waals surface area contributed by atoms with E-state index in [0.717, 1.165) is 24.3 Å². The van der Waals surface area contributed by atoms with Gasteiger partial charge >= 0.3 is 11.9 Å². The smallest absolute Gasteiger partial charge is 0.348 e. The molecular weight excluding hydrogens is 400 g/mol. The molecule has 0 saturated carbocycles. The molecule has 0 aliphatic rings. The highest BCUT2D eigenvalue weighted by molar-refractivity contribution is 6.28. The monoisotopic (exact) mass is 418 g/mol. The standard InChI is InChI=1S/C20H18O10/c1-29-13-7-3-5-11(9-13)15(21)19(27,17(23)24)20(28,18(25)26)16(22)12-6-4-8-14(10-12)30-2/h3-10,27-28H,1-2H3,(H,23,24)(H,25,26). The first kappa shape index (κ1) is 22.5. The molecule has 0 saturated heterocycles. The minimum atomic E-state index is -4.06. The maximum absolute atomic E-state index is 12.9. The van der Waals surface area contributed by atoms with Gasteiger partial charge in [-0.1, -0.05) is 24.3 Å². The Morgan fingerprint density at radius 1 is 0.700 bits per heavy atom. The molecule has 0 fully saturated rings. The van der Waals surface area contributed by atoms with E-state index in [4.69, 9.17) is 9.47 Å². The van der Waals surface area contributed by atoms with Gasteiger partial charge in [-0.3, -0.25) is 9.59 Å². The van der Waals surface area contributed by atoms with Gasteiger partial charge in [-0.2, -0.15) is 0 Å². The minimum absolute atomic E-state index is 0.0894. The van der Waals surface area contributed by atoms with Crippen molar-refractivity contribution in [3.8, 4) is 11.5 Å². The summed E-state index contributed by atoms with van der Waals surface area (Å²) >= 11 is 0. The molecule has 0 amide bonds. The van der Waals surface area contributed by atoms with Gasteiger partial charge in [-0.15, -0.1) is 0 Å². The summed E-state index contributed by atoms with van der Waals surface area (Å²) in [6, 6.07) is 9.54. The van der Waals surface area contributed by atoms with Crippen LogP contribution in [0.2, 0.25) is 0 Å². The number of benzene rings is 2. The van der Waals surface area contributed by atoms with E-state index in [0.29, 0.717) is 0 Å². The zero-order chi connectivity index (χ0) is 22.7. The Morgan fingerprint density at radius 3 is 1.30 bits per heavy atom. The van der Waals surface area contributed by atoms with Crippen LogP contribution >= 0.6 is 0 Å². The summed E-state index contributed by atoms with van der Waals surface area (Å²) < 4.78 is 9.83. The van der Waals surface area contributed by atoms with E-state index in [1.165, 1.54) is 38.5 Å². The van der Waals surface area contributed by atoms with Crippen LogP contribution in [0.15, 0.2) is 48.5 Å². The Balaban J connectivity index is 2.72. The molecule has 2 aromatic rings. The Hall–Kier alpha value is -3.76. The van der Waals surface area contributed by atoms with Crippen molar-refractivity contribution >= 4 is 23.5 Å². The van der Waals surface area contributed by atoms with Gasteiger partial charge in [-0.05, 0) is 24.3 Å². The van der Waals surface area contributed by atoms with Gasteiger partial charge in [0.25, 0.3) is 11.2 Å². The zero-order valence-electron chi connectivity index (χ0n) is 15.9. The molecule has 30 heavy (non-hydrogen) atoms. The molecule has 2 unspecified atom stereocenters. The van der Waals surface area contributed by atoms with Gasteiger partial charge < -0.3 is 29.9 Å². The van der Waals surface area contributed by atoms with E-state index in [9.17, 15) is 39.6 Å². The zero-order valence-corrected chi connectivity index (χ0v) is 15.9. The van der Waals surface area contributed by atoms with Gasteiger partial charge in [0, 0.05) is 11.1 Å². The molecule has 0 aromatic heterocycles. The van der Waals surface area contributed by atoms with Crippen molar-refractivity contribution in [2.45, 2.75) is 11.2 Å². The summed E-state index contributed by atoms with van der Waals surface area (Å²) in [6.45, 7) is 0. The Morgan fingerprint density at radius 2 is 1.03 bits per heavy atom. The number of hydrogen-bond donors (Lipinski definition) is 4. The molecule has 0 spiro atoms. The number of carboxylic acid groups (broad SMARTS) is 2. The Labute approximate surface area is 169 Å². The highest BCUT2D eigenvalue weighted by Crippen LogP contribution is 2.33. The first-order chi connectivity index (χ1) is 14.0. The third-order valence-electron chi connectivity index (χ3n) is 4.46. The predicted molar refractivity (Wildman–Crippen MR) is 99.8 cm³/mol. The van der Waals surface area contributed by atoms with Crippen LogP contribution in [0.3, 0.4) is 0 Å². The average molecular weight is 418 g/mol. The average Bonchev–Trinajstić information content (AvgIpc) is 2.76. The van der Waals surface area contributed by atoms with E-state index >= 15 is 0 Å². The lowest BCUT2D eigenvalue weighted by molar-refractivity contribution is -0.187. The summed E-state index contributed by atoms with van der Waals surface area (Å²) in [7, 11) is 2.51. The van der Waals surface area contributed by atoms with Crippen molar-refractivity contribution in [3.05, 3.63) is 59.7 Å². The highest BCUT2D eigenvalue weighted by atomic mass is 16.5. The first-order valence-corrected chi connectivity index (χ1v) is 8.33. The number of rotatable bonds is 9. The minimum Gasteiger partial charge on any atom is -0.497 e. The molecule has 2 atom stereocenters. The summed E-state index contributed by atoms with van der Waals surface area (Å²) in [4.78, 5) is 49.6. The second-order valence-electron chi connectivity index (χ2n) is 6.15. The Bertz CT molecular complexity index is 933. The number of carbonyl (C=O) groups is 4. The summed E-state index contributed by atoms with van der Waals surface area (Å²) in [6.07, 6.45) is 0. The van der Waals surface area contributed by atoms with Crippen molar-refractivity contribution in [1.82, 2.24) is 0 Å². The van der Waals surface area contributed by atoms with Crippen LogP contribution in [0.5, 0.6) is 11.5 Å². The van der Waals surface area contributed by atoms with Crippen LogP contribution in [0, 0.1) is 0 Å². The van der Waals surface area contributed by atoms with Crippen LogP contribution in [0.1, 0.15) is 20.7 Å². The van der Waals surface area contributed by atoms with Crippen molar-refractivity contribution < 1.29 is 49.1 Å². The quantitative estimate of drug-likeness (QED) is 0.330. The lowest BCUT2D eigenvalue weighted by atomic mass is 9.73. The normalized spacial score (nSPS) is 14.7. The van der Waals surface area contributed by atoms with E-state index in [1.807, 2.05) is 0 Å². The predicted octanol–water partition coefficient (Wildman–Crippen LogP) is 0.401. The molecule has 2 rings (SSSR count). The number of carboxylic acids is 2. The van der Waals surface area contributed by atoms with Gasteiger partial charge in [-0.25, -0.2) is 9.59 Å². The molecule has 0 heterocycles. The summed E-state index contributed by atoms with van der Waals surface area (Å²) in [5.74, 6) is -8.14. The number of hydrogen-bond acceptors (Lipinski definition) is 8. The van der Waals surface area contributed by atoms with Crippen LogP contribution < -0.4 is 9.47 Å². The largest absolute Gasteiger partial charge is 0.497 e. The van der Waals surface area contributed by atoms with E-state index in [-0.39, 0.29) is 11.5 Å². The third kappa shape index (κ3) is 3.49. The fraction of sp³-hybridized carbons (Fsp3) is 0.200. The van der Waals surface area contributed by atoms with Crippen LogP contribution in [0.25, 0.3) is 0 Å². The van der Waals surface area contributed by atoms with Crippen molar-refractivity contribution in [1.29, 1.82) is 0 Å². The second kappa shape index (κ2) is 8.31. The second-order valence-corrected chi connectivity index (χ2v) is 6.15. The van der Waals surface area contributed by atoms with Crippen LogP contribution in [-0.2, 0) is 9.59 Å². The number of ether oxygens (including phenoxy) is 2. The van der Waals surface area contributed by atoms with Gasteiger partial charge in [0.15, 0.2) is 0 Å². The maximum atomic E-state index is 12.9. The molecule has 158 valence electrons. The van der Waals surface area contributed by atoms with Gasteiger partial charge in [0.1, 0.15) is 11.5 Å². The molecule has 10 heteroatoms. The first-order valence-electron chi connectivity index (χ1n) is 8.33. The van der Waals surface area contributed by atoms with E-state index in [1.54, 1.807) is 0 Å². The molecule has 0 aliphatic heterocycles. The van der Waals surface area contributed by atoms with Crippen molar-refractivity contribution in [2.24, 2.45) is 0 Å². The molecule has 2 aromatic carbocycles. The highest BCUT2D eigenvalue weighted by Gasteiger charge is 2.70. The summed E-state index contributed by atoms with van der Waals surface area (Å²) in [5.41, 5.74) is -9.13. The molecule has 0 bridgehead atoms. The topological polar surface area (TPSA) is 168 Å². The van der Waals surface area contributed by atoms with Crippen molar-refractivity contribution in [2.75, 3.05) is 14.2 Å². The molecule has 0 aliphatic carbocycles. The fourth-order valence-corrected chi connectivity index (χ4v) is 2.78. The number of carbonyl (C=O) groups excluding carboxylic acids is 2. The molecular formula is C20H18O10. The van der Waals surface area contributed by atoms with E-state index in [2.05, 4.69) is 0 Å². The lowest BCUT2D eigenvalue weighted by Crippen LogP contribution is -2.71.